The Kier molecular flexibility index (Phi) is 5.75. The highest BCUT2D eigenvalue weighted by molar-refractivity contribution is 9.10. The molecule has 0 saturated carbocycles. The standard InChI is InChI=1S/C13H18BrFN2O/c1-9(4-13(18)17(2)3)16-8-10-5-11(14)7-12(15)6-10/h5-7,9,16H,4,8H2,1-3H3/t9-/m1/s1. The Labute approximate surface area is 115 Å². The zero-order valence-corrected chi connectivity index (χ0v) is 12.4. The van der Waals surface area contributed by atoms with Crippen LogP contribution in [-0.2, 0) is 11.3 Å². The van der Waals surface area contributed by atoms with Crippen LogP contribution in [0.2, 0.25) is 0 Å². The van der Waals surface area contributed by atoms with Gasteiger partial charge in [0.05, 0.1) is 0 Å². The van der Waals surface area contributed by atoms with Crippen LogP contribution in [0.25, 0.3) is 0 Å². The largest absolute Gasteiger partial charge is 0.349 e. The number of hydrogen-bond acceptors (Lipinski definition) is 2. The number of carbonyl (C=O) groups is 1. The molecule has 0 aliphatic heterocycles. The van der Waals surface area contributed by atoms with E-state index in [0.29, 0.717) is 13.0 Å². The second kappa shape index (κ2) is 6.85. The van der Waals surface area contributed by atoms with E-state index in [0.717, 1.165) is 10.0 Å². The van der Waals surface area contributed by atoms with Crippen LogP contribution in [0, 0.1) is 5.82 Å². The van der Waals surface area contributed by atoms with E-state index in [2.05, 4.69) is 21.2 Å². The zero-order valence-electron chi connectivity index (χ0n) is 10.8. The maximum atomic E-state index is 13.1. The summed E-state index contributed by atoms with van der Waals surface area (Å²) in [5.41, 5.74) is 0.853. The van der Waals surface area contributed by atoms with Crippen molar-refractivity contribution < 1.29 is 9.18 Å². The fourth-order valence-electron chi connectivity index (χ4n) is 1.52. The van der Waals surface area contributed by atoms with Gasteiger partial charge < -0.3 is 10.2 Å². The average Bonchev–Trinajstić information content (AvgIpc) is 2.25. The molecule has 1 aromatic carbocycles. The van der Waals surface area contributed by atoms with E-state index in [1.807, 2.05) is 13.0 Å². The van der Waals surface area contributed by atoms with Gasteiger partial charge in [0.25, 0.3) is 0 Å². The van der Waals surface area contributed by atoms with E-state index in [4.69, 9.17) is 0 Å². The minimum absolute atomic E-state index is 0.0574. The molecule has 1 N–H and O–H groups in total. The van der Waals surface area contributed by atoms with Gasteiger partial charge in [0, 0.05) is 37.6 Å². The number of halogens is 2. The first-order chi connectivity index (χ1) is 8.38. The Balaban J connectivity index is 2.47. The number of carbonyl (C=O) groups excluding carboxylic acids is 1. The van der Waals surface area contributed by atoms with Gasteiger partial charge in [-0.15, -0.1) is 0 Å². The van der Waals surface area contributed by atoms with Gasteiger partial charge >= 0.3 is 0 Å². The molecule has 0 bridgehead atoms. The SMILES string of the molecule is C[C@H](CC(=O)N(C)C)NCc1cc(F)cc(Br)c1. The molecule has 0 saturated heterocycles. The Morgan fingerprint density at radius 3 is 2.67 bits per heavy atom. The monoisotopic (exact) mass is 316 g/mol. The van der Waals surface area contributed by atoms with E-state index in [1.54, 1.807) is 19.0 Å². The molecule has 1 aromatic rings. The van der Waals surface area contributed by atoms with Crippen LogP contribution < -0.4 is 5.32 Å². The van der Waals surface area contributed by atoms with Crippen molar-refractivity contribution in [3.63, 3.8) is 0 Å². The van der Waals surface area contributed by atoms with E-state index in [1.165, 1.54) is 12.1 Å². The van der Waals surface area contributed by atoms with Crippen LogP contribution in [0.5, 0.6) is 0 Å². The average molecular weight is 317 g/mol. The highest BCUT2D eigenvalue weighted by Gasteiger charge is 2.10. The van der Waals surface area contributed by atoms with Gasteiger partial charge in [0.15, 0.2) is 0 Å². The van der Waals surface area contributed by atoms with E-state index >= 15 is 0 Å². The van der Waals surface area contributed by atoms with Crippen LogP contribution in [0.4, 0.5) is 4.39 Å². The van der Waals surface area contributed by atoms with Crippen molar-refractivity contribution in [2.75, 3.05) is 14.1 Å². The predicted molar refractivity (Wildman–Crippen MR) is 73.7 cm³/mol. The van der Waals surface area contributed by atoms with Crippen LogP contribution >= 0.6 is 15.9 Å². The van der Waals surface area contributed by atoms with Crippen molar-refractivity contribution >= 4 is 21.8 Å². The van der Waals surface area contributed by atoms with Crippen LogP contribution in [-0.4, -0.2) is 30.9 Å². The van der Waals surface area contributed by atoms with Crippen molar-refractivity contribution in [3.05, 3.63) is 34.1 Å². The van der Waals surface area contributed by atoms with Crippen molar-refractivity contribution in [1.29, 1.82) is 0 Å². The quantitative estimate of drug-likeness (QED) is 0.905. The number of nitrogens with one attached hydrogen (secondary N) is 1. The van der Waals surface area contributed by atoms with E-state index in [-0.39, 0.29) is 17.8 Å². The zero-order chi connectivity index (χ0) is 13.7. The predicted octanol–water partition coefficient (Wildman–Crippen LogP) is 2.54. The van der Waals surface area contributed by atoms with Crippen molar-refractivity contribution in [1.82, 2.24) is 10.2 Å². The molecular weight excluding hydrogens is 299 g/mol. The molecule has 18 heavy (non-hydrogen) atoms. The maximum absolute atomic E-state index is 13.1. The van der Waals surface area contributed by atoms with Crippen molar-refractivity contribution in [2.24, 2.45) is 0 Å². The van der Waals surface area contributed by atoms with Gasteiger partial charge in [-0.1, -0.05) is 15.9 Å². The van der Waals surface area contributed by atoms with Gasteiger partial charge in [-0.2, -0.15) is 0 Å². The van der Waals surface area contributed by atoms with Crippen LogP contribution in [0.15, 0.2) is 22.7 Å². The van der Waals surface area contributed by atoms with Gasteiger partial charge in [-0.3, -0.25) is 4.79 Å². The van der Waals surface area contributed by atoms with Crippen molar-refractivity contribution in [3.8, 4) is 0 Å². The lowest BCUT2D eigenvalue weighted by atomic mass is 10.2. The first kappa shape index (κ1) is 15.1. The summed E-state index contributed by atoms with van der Waals surface area (Å²) in [6.07, 6.45) is 0.434. The maximum Gasteiger partial charge on any atom is 0.223 e. The summed E-state index contributed by atoms with van der Waals surface area (Å²) in [4.78, 5) is 13.1. The number of nitrogens with zero attached hydrogens (tertiary/aromatic N) is 1. The molecule has 5 heteroatoms. The molecule has 3 nitrogen and oxygen atoms in total. The molecule has 0 aliphatic carbocycles. The Morgan fingerprint density at radius 1 is 1.44 bits per heavy atom. The number of hydrogen-bond donors (Lipinski definition) is 1. The third kappa shape index (κ3) is 5.14. The third-order valence-electron chi connectivity index (χ3n) is 2.56. The lowest BCUT2D eigenvalue weighted by Crippen LogP contribution is -2.32. The molecule has 0 aliphatic rings. The number of rotatable bonds is 5. The summed E-state index contributed by atoms with van der Waals surface area (Å²) in [5.74, 6) is -0.186. The Morgan fingerprint density at radius 2 is 2.11 bits per heavy atom. The molecule has 0 unspecified atom stereocenters. The topological polar surface area (TPSA) is 32.3 Å². The first-order valence-electron chi connectivity index (χ1n) is 5.77. The number of benzene rings is 1. The van der Waals surface area contributed by atoms with Crippen molar-refractivity contribution in [2.45, 2.75) is 25.9 Å². The summed E-state index contributed by atoms with van der Waals surface area (Å²) in [5, 5.41) is 3.20. The summed E-state index contributed by atoms with van der Waals surface area (Å²) < 4.78 is 13.9. The fourth-order valence-corrected chi connectivity index (χ4v) is 2.03. The Hall–Kier alpha value is -0.940. The summed E-state index contributed by atoms with van der Waals surface area (Å²) in [7, 11) is 3.47. The van der Waals surface area contributed by atoms with Crippen LogP contribution in [0.3, 0.4) is 0 Å². The lowest BCUT2D eigenvalue weighted by molar-refractivity contribution is -0.129. The molecule has 0 heterocycles. The van der Waals surface area contributed by atoms with Gasteiger partial charge in [-0.05, 0) is 30.7 Å². The van der Waals surface area contributed by atoms with E-state index < -0.39 is 0 Å². The fraction of sp³-hybridized carbons (Fsp3) is 0.462. The molecule has 0 fully saturated rings. The second-order valence-electron chi connectivity index (χ2n) is 4.55. The van der Waals surface area contributed by atoms with Crippen LogP contribution in [0.1, 0.15) is 18.9 Å². The first-order valence-corrected chi connectivity index (χ1v) is 6.56. The number of amides is 1. The molecule has 100 valence electrons. The molecule has 0 spiro atoms. The third-order valence-corrected chi connectivity index (χ3v) is 3.01. The second-order valence-corrected chi connectivity index (χ2v) is 5.47. The minimum atomic E-state index is -0.266. The molecule has 0 radical (unpaired) electrons. The van der Waals surface area contributed by atoms with Gasteiger partial charge in [-0.25, -0.2) is 4.39 Å². The molecule has 1 rings (SSSR count). The Bertz CT molecular complexity index is 403. The molecule has 1 amide bonds. The smallest absolute Gasteiger partial charge is 0.223 e. The summed E-state index contributed by atoms with van der Waals surface area (Å²) in [6, 6.07) is 4.82. The molecule has 1 atom stereocenters. The highest BCUT2D eigenvalue weighted by Crippen LogP contribution is 2.14. The highest BCUT2D eigenvalue weighted by atomic mass is 79.9. The van der Waals surface area contributed by atoms with E-state index in [9.17, 15) is 9.18 Å². The minimum Gasteiger partial charge on any atom is -0.349 e. The van der Waals surface area contributed by atoms with Gasteiger partial charge in [0.2, 0.25) is 5.91 Å². The molecule has 0 aromatic heterocycles. The summed E-state index contributed by atoms with van der Waals surface area (Å²) >= 11 is 3.25. The normalized spacial score (nSPS) is 12.3. The summed E-state index contributed by atoms with van der Waals surface area (Å²) in [6.45, 7) is 2.48. The molecular formula is C13H18BrFN2O. The lowest BCUT2D eigenvalue weighted by Gasteiger charge is -2.16. The van der Waals surface area contributed by atoms with Gasteiger partial charge in [0.1, 0.15) is 5.82 Å².